The first-order valence-corrected chi connectivity index (χ1v) is 4.64. The molecule has 1 saturated heterocycles. The van der Waals surface area contributed by atoms with Crippen molar-refractivity contribution in [2.75, 3.05) is 19.8 Å². The van der Waals surface area contributed by atoms with Gasteiger partial charge >= 0.3 is 0 Å². The first-order valence-electron chi connectivity index (χ1n) is 4.64. The van der Waals surface area contributed by atoms with Gasteiger partial charge in [-0.05, 0) is 6.54 Å². The summed E-state index contributed by atoms with van der Waals surface area (Å²) in [6.45, 7) is 1.80. The van der Waals surface area contributed by atoms with E-state index in [0.717, 1.165) is 0 Å². The molecule has 2 heterocycles. The van der Waals surface area contributed by atoms with Crippen LogP contribution in [0.3, 0.4) is 0 Å². The molecule has 1 aliphatic heterocycles. The predicted octanol–water partition coefficient (Wildman–Crippen LogP) is -1.08. The van der Waals surface area contributed by atoms with Crippen LogP contribution in [0, 0.1) is 5.92 Å². The van der Waals surface area contributed by atoms with E-state index in [9.17, 15) is 0 Å². The van der Waals surface area contributed by atoms with Crippen LogP contribution in [-0.2, 0) is 11.3 Å². The van der Waals surface area contributed by atoms with Crippen LogP contribution < -0.4 is 5.73 Å². The molecule has 78 valence electrons. The summed E-state index contributed by atoms with van der Waals surface area (Å²) < 4.78 is 7.06. The van der Waals surface area contributed by atoms with E-state index < -0.39 is 0 Å². The highest BCUT2D eigenvalue weighted by Gasteiger charge is 2.29. The minimum absolute atomic E-state index is 0.0825. The molecule has 2 rings (SSSR count). The molecule has 1 aromatic rings. The maximum Gasteiger partial charge on any atom is 0.108 e. The lowest BCUT2D eigenvalue weighted by Gasteiger charge is -2.14. The van der Waals surface area contributed by atoms with Crippen molar-refractivity contribution in [1.82, 2.24) is 15.0 Å². The second kappa shape index (κ2) is 4.04. The summed E-state index contributed by atoms with van der Waals surface area (Å²) >= 11 is 0. The number of aliphatic hydroxyl groups excluding tert-OH is 1. The quantitative estimate of drug-likeness (QED) is 0.645. The van der Waals surface area contributed by atoms with Gasteiger partial charge in [-0.2, -0.15) is 0 Å². The van der Waals surface area contributed by atoms with Gasteiger partial charge < -0.3 is 15.6 Å². The lowest BCUT2D eigenvalue weighted by Crippen LogP contribution is -2.25. The van der Waals surface area contributed by atoms with Crippen LogP contribution in [0.5, 0.6) is 0 Å². The fourth-order valence-corrected chi connectivity index (χ4v) is 1.65. The maximum atomic E-state index is 8.85. The van der Waals surface area contributed by atoms with Gasteiger partial charge in [0.15, 0.2) is 0 Å². The normalized spacial score (nSPS) is 27.0. The van der Waals surface area contributed by atoms with Crippen molar-refractivity contribution in [2.45, 2.75) is 12.6 Å². The van der Waals surface area contributed by atoms with Crippen molar-refractivity contribution in [3.8, 4) is 0 Å². The van der Waals surface area contributed by atoms with E-state index in [4.69, 9.17) is 15.6 Å². The fraction of sp³-hybridized carbons (Fsp3) is 0.750. The van der Waals surface area contributed by atoms with Crippen LogP contribution in [0.25, 0.3) is 0 Å². The van der Waals surface area contributed by atoms with Gasteiger partial charge in [0.05, 0.1) is 32.1 Å². The van der Waals surface area contributed by atoms with Crippen LogP contribution in [0.4, 0.5) is 0 Å². The monoisotopic (exact) mass is 198 g/mol. The highest BCUT2D eigenvalue weighted by atomic mass is 16.5. The zero-order chi connectivity index (χ0) is 9.97. The second-order valence-corrected chi connectivity index (χ2v) is 3.45. The van der Waals surface area contributed by atoms with Gasteiger partial charge in [-0.25, -0.2) is 4.68 Å². The molecule has 1 aromatic heterocycles. The minimum atomic E-state index is -0.0825. The molecule has 0 amide bonds. The molecule has 2 unspecified atom stereocenters. The summed E-state index contributed by atoms with van der Waals surface area (Å²) in [5, 5.41) is 16.6. The summed E-state index contributed by atoms with van der Waals surface area (Å²) in [6.07, 6.45) is 1.74. The Labute approximate surface area is 81.7 Å². The van der Waals surface area contributed by atoms with Crippen molar-refractivity contribution in [1.29, 1.82) is 0 Å². The topological polar surface area (TPSA) is 86.2 Å². The number of nitrogens with zero attached hydrogens (tertiary/aromatic N) is 3. The Bertz CT molecular complexity index is 301. The van der Waals surface area contributed by atoms with E-state index in [1.54, 1.807) is 10.9 Å². The number of hydrogen-bond donors (Lipinski definition) is 2. The number of aliphatic hydroxyl groups is 1. The number of aromatic nitrogens is 3. The van der Waals surface area contributed by atoms with Gasteiger partial charge in [0.2, 0.25) is 0 Å². The molecule has 0 spiro atoms. The average Bonchev–Trinajstić information content (AvgIpc) is 2.85. The Morgan fingerprint density at radius 2 is 2.50 bits per heavy atom. The number of ether oxygens (including phenoxy) is 1. The van der Waals surface area contributed by atoms with Gasteiger partial charge in [-0.1, -0.05) is 5.21 Å². The third kappa shape index (κ3) is 1.63. The molecule has 0 aliphatic carbocycles. The van der Waals surface area contributed by atoms with Crippen LogP contribution >= 0.6 is 0 Å². The maximum absolute atomic E-state index is 8.85. The van der Waals surface area contributed by atoms with Gasteiger partial charge in [0.25, 0.3) is 0 Å². The van der Waals surface area contributed by atoms with Crippen molar-refractivity contribution >= 4 is 0 Å². The molecule has 0 bridgehead atoms. The number of nitrogens with two attached hydrogens (primary N) is 1. The molecule has 3 N–H and O–H groups in total. The molecule has 6 heteroatoms. The van der Waals surface area contributed by atoms with Crippen LogP contribution in [0.2, 0.25) is 0 Å². The SMILES string of the molecule is NCC1COCC1n1cc(CO)nn1. The van der Waals surface area contributed by atoms with Gasteiger partial charge in [-0.15, -0.1) is 5.10 Å². The van der Waals surface area contributed by atoms with Gasteiger partial charge in [0.1, 0.15) is 5.69 Å². The van der Waals surface area contributed by atoms with Crippen LogP contribution in [0.15, 0.2) is 6.20 Å². The minimum Gasteiger partial charge on any atom is -0.390 e. The van der Waals surface area contributed by atoms with E-state index in [-0.39, 0.29) is 12.6 Å². The number of rotatable bonds is 3. The Hall–Kier alpha value is -0.980. The van der Waals surface area contributed by atoms with E-state index in [1.807, 2.05) is 0 Å². The van der Waals surface area contributed by atoms with E-state index in [0.29, 0.717) is 31.4 Å². The molecule has 0 radical (unpaired) electrons. The van der Waals surface area contributed by atoms with E-state index in [2.05, 4.69) is 10.3 Å². The van der Waals surface area contributed by atoms with Crippen molar-refractivity contribution in [2.24, 2.45) is 11.7 Å². The molecule has 1 aliphatic rings. The molecular weight excluding hydrogens is 184 g/mol. The highest BCUT2D eigenvalue weighted by molar-refractivity contribution is 4.93. The molecule has 0 aromatic carbocycles. The average molecular weight is 198 g/mol. The van der Waals surface area contributed by atoms with E-state index >= 15 is 0 Å². The Morgan fingerprint density at radius 3 is 3.14 bits per heavy atom. The first-order chi connectivity index (χ1) is 6.85. The molecule has 1 fully saturated rings. The largest absolute Gasteiger partial charge is 0.390 e. The highest BCUT2D eigenvalue weighted by Crippen LogP contribution is 2.23. The third-order valence-electron chi connectivity index (χ3n) is 2.53. The second-order valence-electron chi connectivity index (χ2n) is 3.45. The summed E-state index contributed by atoms with van der Waals surface area (Å²) in [5.74, 6) is 0.295. The zero-order valence-electron chi connectivity index (χ0n) is 7.83. The molecular formula is C8H14N4O2. The van der Waals surface area contributed by atoms with Crippen LogP contribution in [0.1, 0.15) is 11.7 Å². The van der Waals surface area contributed by atoms with Crippen molar-refractivity contribution in [3.63, 3.8) is 0 Å². The zero-order valence-corrected chi connectivity index (χ0v) is 7.83. The smallest absolute Gasteiger partial charge is 0.108 e. The number of hydrogen-bond acceptors (Lipinski definition) is 5. The van der Waals surface area contributed by atoms with Crippen LogP contribution in [-0.4, -0.2) is 39.9 Å². The summed E-state index contributed by atoms with van der Waals surface area (Å²) in [6, 6.07) is 0.160. The summed E-state index contributed by atoms with van der Waals surface area (Å²) in [7, 11) is 0. The summed E-state index contributed by atoms with van der Waals surface area (Å²) in [5.41, 5.74) is 6.19. The Balaban J connectivity index is 2.13. The first kappa shape index (κ1) is 9.57. The third-order valence-corrected chi connectivity index (χ3v) is 2.53. The molecule has 2 atom stereocenters. The molecule has 6 nitrogen and oxygen atoms in total. The molecule has 0 saturated carbocycles. The van der Waals surface area contributed by atoms with Crippen molar-refractivity contribution in [3.05, 3.63) is 11.9 Å². The van der Waals surface area contributed by atoms with Gasteiger partial charge in [-0.3, -0.25) is 0 Å². The standard InChI is InChI=1S/C8H14N4O2/c9-1-6-4-14-5-8(6)12-2-7(3-13)10-11-12/h2,6,8,13H,1,3-5,9H2. The fourth-order valence-electron chi connectivity index (χ4n) is 1.65. The lowest BCUT2D eigenvalue weighted by atomic mass is 10.0. The lowest BCUT2D eigenvalue weighted by molar-refractivity contribution is 0.180. The Kier molecular flexibility index (Phi) is 2.76. The predicted molar refractivity (Wildman–Crippen MR) is 48.3 cm³/mol. The van der Waals surface area contributed by atoms with E-state index in [1.165, 1.54) is 0 Å². The van der Waals surface area contributed by atoms with Gasteiger partial charge in [0, 0.05) is 5.92 Å². The summed E-state index contributed by atoms with van der Waals surface area (Å²) in [4.78, 5) is 0. The Morgan fingerprint density at radius 1 is 1.64 bits per heavy atom. The molecule has 14 heavy (non-hydrogen) atoms. The van der Waals surface area contributed by atoms with Crippen molar-refractivity contribution < 1.29 is 9.84 Å².